The van der Waals surface area contributed by atoms with Gasteiger partial charge in [-0.1, -0.05) is 18.6 Å². The van der Waals surface area contributed by atoms with E-state index in [4.69, 9.17) is 4.74 Å². The van der Waals surface area contributed by atoms with Crippen molar-refractivity contribution in [2.75, 3.05) is 6.61 Å². The van der Waals surface area contributed by atoms with E-state index in [-0.39, 0.29) is 0 Å². The van der Waals surface area contributed by atoms with Gasteiger partial charge < -0.3 is 4.74 Å². The molecular formula is C20H25BrN2O. The number of benzene rings is 1. The Morgan fingerprint density at radius 1 is 1.12 bits per heavy atom. The Balaban J connectivity index is 1.77. The van der Waals surface area contributed by atoms with Gasteiger partial charge in [0.05, 0.1) is 11.1 Å². The summed E-state index contributed by atoms with van der Waals surface area (Å²) in [7, 11) is 0. The molecule has 0 fully saturated rings. The average molecular weight is 389 g/mol. The zero-order valence-electron chi connectivity index (χ0n) is 14.6. The van der Waals surface area contributed by atoms with Crippen molar-refractivity contribution in [2.45, 2.75) is 40.0 Å². The van der Waals surface area contributed by atoms with Crippen LogP contribution in [0.25, 0.3) is 11.4 Å². The van der Waals surface area contributed by atoms with E-state index in [1.54, 1.807) is 12.4 Å². The van der Waals surface area contributed by atoms with Crippen LogP contribution in [-0.2, 0) is 0 Å². The Morgan fingerprint density at radius 3 is 2.42 bits per heavy atom. The van der Waals surface area contributed by atoms with Gasteiger partial charge in [-0.2, -0.15) is 0 Å². The molecule has 0 radical (unpaired) electrons. The van der Waals surface area contributed by atoms with Gasteiger partial charge in [-0.05, 0) is 79.2 Å². The molecule has 1 atom stereocenters. The summed E-state index contributed by atoms with van der Waals surface area (Å²) in [4.78, 5) is 8.60. The van der Waals surface area contributed by atoms with Crippen molar-refractivity contribution < 1.29 is 4.74 Å². The third-order valence-corrected chi connectivity index (χ3v) is 4.23. The minimum Gasteiger partial charge on any atom is -0.494 e. The highest BCUT2D eigenvalue weighted by molar-refractivity contribution is 9.10. The lowest BCUT2D eigenvalue weighted by atomic mass is 10.0. The van der Waals surface area contributed by atoms with E-state index in [9.17, 15) is 0 Å². The van der Waals surface area contributed by atoms with E-state index in [0.717, 1.165) is 41.1 Å². The molecule has 24 heavy (non-hydrogen) atoms. The van der Waals surface area contributed by atoms with Crippen LogP contribution in [0, 0.1) is 5.92 Å². The molecule has 2 rings (SSSR count). The summed E-state index contributed by atoms with van der Waals surface area (Å²) in [5.74, 6) is 2.29. The number of allylic oxidation sites excluding steroid dienone is 2. The first-order valence-corrected chi connectivity index (χ1v) is 9.18. The number of halogens is 1. The molecular weight excluding hydrogens is 364 g/mol. The Morgan fingerprint density at radius 2 is 1.79 bits per heavy atom. The SMILES string of the molecule is CC(C)=CCC[C@@H](C)CCOc1ccc(-c2ncc(Br)cn2)cc1. The predicted molar refractivity (Wildman–Crippen MR) is 103 cm³/mol. The second-order valence-electron chi connectivity index (χ2n) is 6.35. The Hall–Kier alpha value is -1.68. The zero-order chi connectivity index (χ0) is 17.4. The van der Waals surface area contributed by atoms with E-state index in [0.29, 0.717) is 5.92 Å². The number of rotatable bonds is 8. The fraction of sp³-hybridized carbons (Fsp3) is 0.400. The molecule has 2 aromatic rings. The van der Waals surface area contributed by atoms with Crippen molar-refractivity contribution in [3.05, 3.63) is 52.8 Å². The highest BCUT2D eigenvalue weighted by Gasteiger charge is 2.04. The van der Waals surface area contributed by atoms with Gasteiger partial charge in [-0.15, -0.1) is 0 Å². The van der Waals surface area contributed by atoms with Crippen LogP contribution in [0.2, 0.25) is 0 Å². The number of hydrogen-bond donors (Lipinski definition) is 0. The van der Waals surface area contributed by atoms with Crippen LogP contribution in [-0.4, -0.2) is 16.6 Å². The lowest BCUT2D eigenvalue weighted by Crippen LogP contribution is -2.04. The van der Waals surface area contributed by atoms with Crippen LogP contribution in [0.3, 0.4) is 0 Å². The van der Waals surface area contributed by atoms with Crippen molar-refractivity contribution in [3.8, 4) is 17.1 Å². The van der Waals surface area contributed by atoms with Crippen LogP contribution in [0.5, 0.6) is 5.75 Å². The summed E-state index contributed by atoms with van der Waals surface area (Å²) in [6.45, 7) is 7.34. The monoisotopic (exact) mass is 388 g/mol. The molecule has 1 heterocycles. The second-order valence-corrected chi connectivity index (χ2v) is 7.27. The smallest absolute Gasteiger partial charge is 0.159 e. The van der Waals surface area contributed by atoms with Crippen molar-refractivity contribution in [3.63, 3.8) is 0 Å². The topological polar surface area (TPSA) is 35.0 Å². The van der Waals surface area contributed by atoms with Crippen LogP contribution in [0.15, 0.2) is 52.8 Å². The summed E-state index contributed by atoms with van der Waals surface area (Å²) in [6.07, 6.45) is 9.26. The molecule has 0 saturated carbocycles. The fourth-order valence-electron chi connectivity index (χ4n) is 2.34. The maximum Gasteiger partial charge on any atom is 0.159 e. The molecule has 0 aliphatic rings. The van der Waals surface area contributed by atoms with Gasteiger partial charge in [-0.3, -0.25) is 0 Å². The first-order valence-electron chi connectivity index (χ1n) is 8.38. The first-order chi connectivity index (χ1) is 11.5. The van der Waals surface area contributed by atoms with Gasteiger partial charge in [0, 0.05) is 18.0 Å². The van der Waals surface area contributed by atoms with E-state index >= 15 is 0 Å². The molecule has 1 aromatic heterocycles. The van der Waals surface area contributed by atoms with Crippen molar-refractivity contribution >= 4 is 15.9 Å². The van der Waals surface area contributed by atoms with Crippen molar-refractivity contribution in [2.24, 2.45) is 5.92 Å². The molecule has 0 bridgehead atoms. The summed E-state index contributed by atoms with van der Waals surface area (Å²) >= 11 is 3.34. The van der Waals surface area contributed by atoms with Crippen LogP contribution >= 0.6 is 15.9 Å². The quantitative estimate of drug-likeness (QED) is 0.515. The number of nitrogens with zero attached hydrogens (tertiary/aromatic N) is 2. The molecule has 0 N–H and O–H groups in total. The standard InChI is InChI=1S/C20H25BrN2O/c1-15(2)5-4-6-16(3)11-12-24-19-9-7-17(8-10-19)20-22-13-18(21)14-23-20/h5,7-10,13-14,16H,4,6,11-12H2,1-3H3/t16-/m1/s1. The number of hydrogen-bond acceptors (Lipinski definition) is 3. The van der Waals surface area contributed by atoms with Crippen LogP contribution < -0.4 is 4.74 Å². The molecule has 4 heteroatoms. The number of ether oxygens (including phenoxy) is 1. The van der Waals surface area contributed by atoms with Gasteiger partial charge in [0.25, 0.3) is 0 Å². The Labute approximate surface area is 153 Å². The maximum atomic E-state index is 5.85. The molecule has 0 aliphatic heterocycles. The normalized spacial score (nSPS) is 11.8. The largest absolute Gasteiger partial charge is 0.494 e. The summed E-state index contributed by atoms with van der Waals surface area (Å²) in [5, 5.41) is 0. The van der Waals surface area contributed by atoms with Crippen molar-refractivity contribution in [1.82, 2.24) is 9.97 Å². The minimum atomic E-state index is 0.677. The van der Waals surface area contributed by atoms with Crippen LogP contribution in [0.4, 0.5) is 0 Å². The number of aromatic nitrogens is 2. The van der Waals surface area contributed by atoms with E-state index in [1.807, 2.05) is 24.3 Å². The van der Waals surface area contributed by atoms with E-state index in [2.05, 4.69) is 52.7 Å². The molecule has 0 amide bonds. The molecule has 0 saturated heterocycles. The van der Waals surface area contributed by atoms with Gasteiger partial charge in [0.15, 0.2) is 5.82 Å². The Bertz CT molecular complexity index is 646. The minimum absolute atomic E-state index is 0.677. The van der Waals surface area contributed by atoms with Gasteiger partial charge in [0.1, 0.15) is 5.75 Å². The third-order valence-electron chi connectivity index (χ3n) is 3.82. The van der Waals surface area contributed by atoms with Crippen LogP contribution in [0.1, 0.15) is 40.0 Å². The molecule has 0 aliphatic carbocycles. The fourth-order valence-corrected chi connectivity index (χ4v) is 2.55. The van der Waals surface area contributed by atoms with E-state index in [1.165, 1.54) is 12.0 Å². The highest BCUT2D eigenvalue weighted by Crippen LogP contribution is 2.20. The second kappa shape index (κ2) is 9.58. The third kappa shape index (κ3) is 6.44. The molecule has 0 spiro atoms. The summed E-state index contributed by atoms with van der Waals surface area (Å²) in [6, 6.07) is 7.96. The first kappa shape index (κ1) is 18.7. The highest BCUT2D eigenvalue weighted by atomic mass is 79.9. The lowest BCUT2D eigenvalue weighted by Gasteiger charge is -2.12. The Kier molecular flexibility index (Phi) is 7.44. The summed E-state index contributed by atoms with van der Waals surface area (Å²) < 4.78 is 6.73. The molecule has 1 aromatic carbocycles. The molecule has 3 nitrogen and oxygen atoms in total. The average Bonchev–Trinajstić information content (AvgIpc) is 2.56. The predicted octanol–water partition coefficient (Wildman–Crippen LogP) is 6.06. The van der Waals surface area contributed by atoms with Gasteiger partial charge >= 0.3 is 0 Å². The lowest BCUT2D eigenvalue weighted by molar-refractivity contribution is 0.279. The van der Waals surface area contributed by atoms with Gasteiger partial charge in [-0.25, -0.2) is 9.97 Å². The van der Waals surface area contributed by atoms with E-state index < -0.39 is 0 Å². The molecule has 128 valence electrons. The van der Waals surface area contributed by atoms with Crippen molar-refractivity contribution in [1.29, 1.82) is 0 Å². The van der Waals surface area contributed by atoms with Gasteiger partial charge in [0.2, 0.25) is 0 Å². The summed E-state index contributed by atoms with van der Waals surface area (Å²) in [5.41, 5.74) is 2.39. The molecule has 0 unspecified atom stereocenters. The zero-order valence-corrected chi connectivity index (χ0v) is 16.2. The maximum absolute atomic E-state index is 5.85.